The van der Waals surface area contributed by atoms with Crippen LogP contribution in [0.4, 0.5) is 5.13 Å². The molecule has 0 unspecified atom stereocenters. The number of aldehydes is 1. The van der Waals surface area contributed by atoms with Crippen molar-refractivity contribution in [3.8, 4) is 11.1 Å². The third kappa shape index (κ3) is 5.95. The van der Waals surface area contributed by atoms with Crippen molar-refractivity contribution in [2.24, 2.45) is 0 Å². The Morgan fingerprint density at radius 2 is 1.85 bits per heavy atom. The summed E-state index contributed by atoms with van der Waals surface area (Å²) in [4.78, 5) is 31.5. The number of pyridine rings is 1. The Morgan fingerprint density at radius 1 is 1.12 bits per heavy atom. The predicted octanol–water partition coefficient (Wildman–Crippen LogP) is 6.30. The summed E-state index contributed by atoms with van der Waals surface area (Å²) in [5.41, 5.74) is 3.50. The van der Waals surface area contributed by atoms with Crippen molar-refractivity contribution in [3.05, 3.63) is 36.2 Å². The van der Waals surface area contributed by atoms with Crippen molar-refractivity contribution in [1.29, 1.82) is 0 Å². The number of aromatic nitrogens is 3. The van der Waals surface area contributed by atoms with Crippen LogP contribution in [0.25, 0.3) is 31.6 Å². The minimum absolute atomic E-state index is 0.0846. The fourth-order valence-corrected chi connectivity index (χ4v) is 5.44. The van der Waals surface area contributed by atoms with E-state index in [1.807, 2.05) is 45.3 Å². The van der Waals surface area contributed by atoms with Gasteiger partial charge in [-0.1, -0.05) is 50.5 Å². The van der Waals surface area contributed by atoms with Crippen LogP contribution in [0.2, 0.25) is 0 Å². The minimum atomic E-state index is -0.0846. The Bertz CT molecular complexity index is 1240. The van der Waals surface area contributed by atoms with Crippen LogP contribution in [-0.4, -0.2) is 39.6 Å². The lowest BCUT2D eigenvalue weighted by Gasteiger charge is -2.22. The van der Waals surface area contributed by atoms with Gasteiger partial charge in [0.2, 0.25) is 0 Å². The summed E-state index contributed by atoms with van der Waals surface area (Å²) in [7, 11) is 1.87. The molecule has 1 aromatic carbocycles. The van der Waals surface area contributed by atoms with Crippen LogP contribution in [-0.2, 0) is 4.79 Å². The number of thiazole rings is 1. The first-order chi connectivity index (χ1) is 16.6. The molecule has 180 valence electrons. The van der Waals surface area contributed by atoms with Gasteiger partial charge in [0.25, 0.3) is 5.91 Å². The van der Waals surface area contributed by atoms with Gasteiger partial charge in [0, 0.05) is 30.2 Å². The summed E-state index contributed by atoms with van der Waals surface area (Å²) in [6.07, 6.45) is 8.35. The highest BCUT2D eigenvalue weighted by Crippen LogP contribution is 2.32. The number of carbonyl (C=O) groups is 2. The number of carbonyl (C=O) groups excluding carboxylic acids is 2. The lowest BCUT2D eigenvalue weighted by Crippen LogP contribution is -2.36. The number of anilines is 1. The second kappa shape index (κ2) is 12.5. The SMILES string of the molecule is CC.CC=O.CNc1nc2ccc(-c3cnc4snc(C(=O)NC5CCCCC5)c4c3)cc2s1. The Morgan fingerprint density at radius 3 is 2.56 bits per heavy atom. The molecule has 0 saturated heterocycles. The maximum absolute atomic E-state index is 12.8. The summed E-state index contributed by atoms with van der Waals surface area (Å²) in [6, 6.07) is 8.49. The van der Waals surface area contributed by atoms with Crippen LogP contribution in [0.5, 0.6) is 0 Å². The van der Waals surface area contributed by atoms with Gasteiger partial charge in [0.05, 0.1) is 10.2 Å². The number of nitrogens with one attached hydrogen (secondary N) is 2. The number of hydrogen-bond acceptors (Lipinski definition) is 8. The average Bonchev–Trinajstić information content (AvgIpc) is 3.49. The Balaban J connectivity index is 0.000000603. The molecular formula is C25H31N5O2S2. The van der Waals surface area contributed by atoms with Crippen molar-refractivity contribution in [2.75, 3.05) is 12.4 Å². The lowest BCUT2D eigenvalue weighted by atomic mass is 9.95. The largest absolute Gasteiger partial charge is 0.365 e. The van der Waals surface area contributed by atoms with Gasteiger partial charge in [-0.3, -0.25) is 4.79 Å². The van der Waals surface area contributed by atoms with Gasteiger partial charge in [-0.25, -0.2) is 9.97 Å². The molecular weight excluding hydrogens is 466 g/mol. The van der Waals surface area contributed by atoms with Crippen LogP contribution < -0.4 is 10.6 Å². The molecule has 0 atom stereocenters. The molecule has 0 radical (unpaired) electrons. The van der Waals surface area contributed by atoms with Gasteiger partial charge in [-0.15, -0.1) is 0 Å². The second-order valence-corrected chi connectivity index (χ2v) is 9.39. The summed E-state index contributed by atoms with van der Waals surface area (Å²) >= 11 is 2.90. The zero-order valence-electron chi connectivity index (χ0n) is 20.1. The van der Waals surface area contributed by atoms with Crippen molar-refractivity contribution < 1.29 is 9.59 Å². The molecule has 2 N–H and O–H groups in total. The fraction of sp³-hybridized carbons (Fsp3) is 0.400. The molecule has 3 heterocycles. The zero-order valence-corrected chi connectivity index (χ0v) is 21.7. The number of amides is 1. The van der Waals surface area contributed by atoms with Crippen molar-refractivity contribution >= 4 is 60.6 Å². The average molecular weight is 498 g/mol. The third-order valence-corrected chi connectivity index (χ3v) is 7.23. The molecule has 1 aliphatic rings. The van der Waals surface area contributed by atoms with Crippen LogP contribution in [0.3, 0.4) is 0 Å². The Labute approximate surface area is 208 Å². The van der Waals surface area contributed by atoms with Gasteiger partial charge in [-0.2, -0.15) is 4.37 Å². The summed E-state index contributed by atoms with van der Waals surface area (Å²) in [5.74, 6) is -0.0846. The molecule has 1 aliphatic carbocycles. The molecule has 9 heteroatoms. The fourth-order valence-electron chi connectivity index (χ4n) is 3.87. The van der Waals surface area contributed by atoms with E-state index in [1.165, 1.54) is 37.7 Å². The van der Waals surface area contributed by atoms with Crippen LogP contribution in [0.15, 0.2) is 30.5 Å². The molecule has 0 spiro atoms. The number of fused-ring (bicyclic) bond motifs is 2. The summed E-state index contributed by atoms with van der Waals surface area (Å²) in [6.45, 7) is 5.44. The lowest BCUT2D eigenvalue weighted by molar-refractivity contribution is -0.106. The van der Waals surface area contributed by atoms with Crippen molar-refractivity contribution in [1.82, 2.24) is 19.7 Å². The predicted molar refractivity (Wildman–Crippen MR) is 143 cm³/mol. The van der Waals surface area contributed by atoms with Crippen molar-refractivity contribution in [2.45, 2.75) is 58.9 Å². The maximum Gasteiger partial charge on any atom is 0.271 e. The van der Waals surface area contributed by atoms with Gasteiger partial charge >= 0.3 is 0 Å². The van der Waals surface area contributed by atoms with E-state index in [0.29, 0.717) is 5.69 Å². The summed E-state index contributed by atoms with van der Waals surface area (Å²) in [5, 5.41) is 7.98. The molecule has 34 heavy (non-hydrogen) atoms. The van der Waals surface area contributed by atoms with Gasteiger partial charge in [-0.05, 0) is 55.1 Å². The quantitative estimate of drug-likeness (QED) is 0.321. The van der Waals surface area contributed by atoms with E-state index in [2.05, 4.69) is 31.0 Å². The molecule has 0 bridgehead atoms. The molecule has 1 amide bonds. The van der Waals surface area contributed by atoms with E-state index in [0.717, 1.165) is 55.8 Å². The first-order valence-electron chi connectivity index (χ1n) is 11.7. The van der Waals surface area contributed by atoms with Crippen LogP contribution >= 0.6 is 22.9 Å². The Kier molecular flexibility index (Phi) is 9.47. The van der Waals surface area contributed by atoms with E-state index < -0.39 is 0 Å². The molecule has 0 aliphatic heterocycles. The molecule has 5 rings (SSSR count). The normalized spacial score (nSPS) is 13.4. The topological polar surface area (TPSA) is 96.9 Å². The van der Waals surface area contributed by atoms with E-state index >= 15 is 0 Å². The first kappa shape index (κ1) is 25.7. The summed E-state index contributed by atoms with van der Waals surface area (Å²) < 4.78 is 5.53. The van der Waals surface area contributed by atoms with E-state index in [9.17, 15) is 4.79 Å². The third-order valence-electron chi connectivity index (χ3n) is 5.42. The van der Waals surface area contributed by atoms with Crippen LogP contribution in [0, 0.1) is 0 Å². The molecule has 3 aromatic heterocycles. The maximum atomic E-state index is 12.8. The zero-order chi connectivity index (χ0) is 24.5. The van der Waals surface area contributed by atoms with E-state index in [4.69, 9.17) is 4.79 Å². The number of rotatable bonds is 4. The monoisotopic (exact) mass is 497 g/mol. The van der Waals surface area contributed by atoms with Crippen molar-refractivity contribution in [3.63, 3.8) is 0 Å². The van der Waals surface area contributed by atoms with E-state index in [1.54, 1.807) is 11.3 Å². The Hall–Kier alpha value is -2.91. The van der Waals surface area contributed by atoms with Gasteiger partial charge < -0.3 is 15.4 Å². The number of hydrogen-bond donors (Lipinski definition) is 2. The van der Waals surface area contributed by atoms with Gasteiger partial charge in [0.15, 0.2) is 10.8 Å². The standard InChI is InChI=1S/C21H21N5OS2.C2H4O.C2H6/c1-22-21-25-16-8-7-12(10-17(16)28-21)13-9-15-18(26-29-20(15)23-11-13)19(27)24-14-5-3-2-4-6-14;1-2-3;1-2/h7-11,14H,2-6H2,1H3,(H,22,25)(H,24,27);2H,1H3;1-2H3. The highest BCUT2D eigenvalue weighted by Gasteiger charge is 2.21. The van der Waals surface area contributed by atoms with Gasteiger partial charge in [0.1, 0.15) is 11.1 Å². The second-order valence-electron chi connectivity index (χ2n) is 7.60. The number of benzene rings is 1. The molecule has 1 fully saturated rings. The highest BCUT2D eigenvalue weighted by molar-refractivity contribution is 7.22. The molecule has 1 saturated carbocycles. The minimum Gasteiger partial charge on any atom is -0.365 e. The first-order valence-corrected chi connectivity index (χ1v) is 13.3. The van der Waals surface area contributed by atoms with E-state index in [-0.39, 0.29) is 11.9 Å². The molecule has 7 nitrogen and oxygen atoms in total. The smallest absolute Gasteiger partial charge is 0.271 e. The number of nitrogens with zero attached hydrogens (tertiary/aromatic N) is 3. The molecule has 4 aromatic rings. The van der Waals surface area contributed by atoms with Crippen LogP contribution in [0.1, 0.15) is 63.4 Å². The highest BCUT2D eigenvalue weighted by atomic mass is 32.1.